The van der Waals surface area contributed by atoms with Crippen molar-refractivity contribution in [1.29, 1.82) is 0 Å². The van der Waals surface area contributed by atoms with Crippen LogP contribution in [0.5, 0.6) is 0 Å². The largest absolute Gasteiger partial charge is 0.477 e. The summed E-state index contributed by atoms with van der Waals surface area (Å²) >= 11 is 0.707. The lowest BCUT2D eigenvalue weighted by atomic mass is 10.3. The molecule has 0 spiro atoms. The van der Waals surface area contributed by atoms with Crippen molar-refractivity contribution in [1.82, 2.24) is 4.72 Å². The van der Waals surface area contributed by atoms with Crippen LogP contribution in [0.3, 0.4) is 0 Å². The van der Waals surface area contributed by atoms with E-state index < -0.39 is 22.0 Å². The van der Waals surface area contributed by atoms with Crippen LogP contribution in [0, 0.1) is 0 Å². The fourth-order valence-corrected chi connectivity index (χ4v) is 3.84. The molecule has 102 valence electrons. The van der Waals surface area contributed by atoms with E-state index >= 15 is 0 Å². The highest BCUT2D eigenvalue weighted by Gasteiger charge is 2.22. The number of carboxylic acids is 1. The molecule has 0 aliphatic carbocycles. The standard InChI is InChI=1S/C11H11NO5S2/c1-7(8-3-2-6-17-8)12-19(15,16)10-5-4-9(18-10)11(13)14/h2-7,12H,1H3,(H,13,14)/t7-/m0/s1. The van der Waals surface area contributed by atoms with Crippen LogP contribution >= 0.6 is 11.3 Å². The normalized spacial score (nSPS) is 13.3. The SMILES string of the molecule is C[C@H](NS(=O)(=O)c1ccc(C(=O)O)s1)c1ccco1. The van der Waals surface area contributed by atoms with Gasteiger partial charge in [0, 0.05) is 0 Å². The summed E-state index contributed by atoms with van der Waals surface area (Å²) in [4.78, 5) is 10.7. The van der Waals surface area contributed by atoms with Gasteiger partial charge in [0.1, 0.15) is 14.8 Å². The highest BCUT2D eigenvalue weighted by molar-refractivity contribution is 7.91. The predicted octanol–water partition coefficient (Wildman–Crippen LogP) is 2.08. The second-order valence-electron chi connectivity index (χ2n) is 3.78. The molecular formula is C11H11NO5S2. The van der Waals surface area contributed by atoms with E-state index in [0.717, 1.165) is 0 Å². The van der Waals surface area contributed by atoms with Gasteiger partial charge < -0.3 is 9.52 Å². The van der Waals surface area contributed by atoms with E-state index in [-0.39, 0.29) is 9.09 Å². The Morgan fingerprint density at radius 2 is 2.16 bits per heavy atom. The van der Waals surface area contributed by atoms with E-state index in [0.29, 0.717) is 17.1 Å². The number of carbonyl (C=O) groups is 1. The minimum absolute atomic E-state index is 0.0222. The summed E-state index contributed by atoms with van der Waals surface area (Å²) in [5.74, 6) is -0.663. The highest BCUT2D eigenvalue weighted by Crippen LogP contribution is 2.23. The maximum atomic E-state index is 12.0. The molecule has 1 atom stereocenters. The lowest BCUT2D eigenvalue weighted by Crippen LogP contribution is -2.25. The van der Waals surface area contributed by atoms with Crippen LogP contribution in [-0.4, -0.2) is 19.5 Å². The van der Waals surface area contributed by atoms with E-state index in [4.69, 9.17) is 9.52 Å². The van der Waals surface area contributed by atoms with Gasteiger partial charge in [-0.15, -0.1) is 11.3 Å². The third-order valence-corrected chi connectivity index (χ3v) is 5.46. The number of sulfonamides is 1. The van der Waals surface area contributed by atoms with Crippen LogP contribution in [0.2, 0.25) is 0 Å². The predicted molar refractivity (Wildman–Crippen MR) is 68.7 cm³/mol. The summed E-state index contributed by atoms with van der Waals surface area (Å²) in [6.45, 7) is 1.64. The van der Waals surface area contributed by atoms with Crippen molar-refractivity contribution in [3.8, 4) is 0 Å². The van der Waals surface area contributed by atoms with Crippen LogP contribution < -0.4 is 4.72 Å². The van der Waals surface area contributed by atoms with Gasteiger partial charge in [0.25, 0.3) is 10.0 Å². The molecule has 8 heteroatoms. The molecule has 2 N–H and O–H groups in total. The fraction of sp³-hybridized carbons (Fsp3) is 0.182. The topological polar surface area (TPSA) is 96.6 Å². The summed E-state index contributed by atoms with van der Waals surface area (Å²) < 4.78 is 31.6. The van der Waals surface area contributed by atoms with Crippen LogP contribution in [0.15, 0.2) is 39.2 Å². The molecule has 0 unspecified atom stereocenters. The van der Waals surface area contributed by atoms with E-state index in [9.17, 15) is 13.2 Å². The quantitative estimate of drug-likeness (QED) is 0.881. The van der Waals surface area contributed by atoms with Crippen molar-refractivity contribution in [3.63, 3.8) is 0 Å². The van der Waals surface area contributed by atoms with Crippen molar-refractivity contribution in [2.24, 2.45) is 0 Å². The Balaban J connectivity index is 2.20. The average Bonchev–Trinajstić information content (AvgIpc) is 3.00. The summed E-state index contributed by atoms with van der Waals surface area (Å²) in [6.07, 6.45) is 1.45. The number of nitrogens with one attached hydrogen (secondary N) is 1. The monoisotopic (exact) mass is 301 g/mol. The minimum Gasteiger partial charge on any atom is -0.477 e. The van der Waals surface area contributed by atoms with E-state index in [1.54, 1.807) is 19.1 Å². The molecule has 0 bridgehead atoms. The maximum absolute atomic E-state index is 12.0. The van der Waals surface area contributed by atoms with Gasteiger partial charge in [-0.2, -0.15) is 0 Å². The summed E-state index contributed by atoms with van der Waals surface area (Å²) in [5.41, 5.74) is 0. The molecule has 0 radical (unpaired) electrons. The van der Waals surface area contributed by atoms with Gasteiger partial charge in [-0.25, -0.2) is 17.9 Å². The first-order chi connectivity index (χ1) is 8.90. The van der Waals surface area contributed by atoms with Crippen LogP contribution in [0.1, 0.15) is 28.4 Å². The van der Waals surface area contributed by atoms with Crippen LogP contribution in [-0.2, 0) is 10.0 Å². The smallest absolute Gasteiger partial charge is 0.345 e. The van der Waals surface area contributed by atoms with Gasteiger partial charge in [0.2, 0.25) is 0 Å². The van der Waals surface area contributed by atoms with Gasteiger partial charge >= 0.3 is 5.97 Å². The Morgan fingerprint density at radius 3 is 2.68 bits per heavy atom. The van der Waals surface area contributed by atoms with Gasteiger partial charge in [0.05, 0.1) is 12.3 Å². The van der Waals surface area contributed by atoms with E-state index in [1.807, 2.05) is 0 Å². The lowest BCUT2D eigenvalue weighted by molar-refractivity contribution is 0.0702. The first-order valence-corrected chi connectivity index (χ1v) is 7.59. The molecule has 0 aliphatic heterocycles. The number of carboxylic acid groups (broad SMARTS) is 1. The van der Waals surface area contributed by atoms with Gasteiger partial charge in [-0.3, -0.25) is 0 Å². The van der Waals surface area contributed by atoms with Crippen molar-refractivity contribution >= 4 is 27.3 Å². The van der Waals surface area contributed by atoms with Crippen molar-refractivity contribution in [2.75, 3.05) is 0 Å². The molecule has 0 saturated heterocycles. The van der Waals surface area contributed by atoms with Crippen molar-refractivity contribution in [2.45, 2.75) is 17.2 Å². The molecule has 0 aromatic carbocycles. The molecule has 0 saturated carbocycles. The van der Waals surface area contributed by atoms with Crippen molar-refractivity contribution in [3.05, 3.63) is 41.2 Å². The first kappa shape index (κ1) is 13.8. The Kier molecular flexibility index (Phi) is 3.74. The third kappa shape index (κ3) is 3.03. The summed E-state index contributed by atoms with van der Waals surface area (Å²) in [5, 5.41) is 8.78. The van der Waals surface area contributed by atoms with E-state index in [1.165, 1.54) is 18.4 Å². The zero-order chi connectivity index (χ0) is 14.0. The Morgan fingerprint density at radius 1 is 1.42 bits per heavy atom. The number of aromatic carboxylic acids is 1. The highest BCUT2D eigenvalue weighted by atomic mass is 32.2. The summed E-state index contributed by atoms with van der Waals surface area (Å²) in [7, 11) is -3.75. The molecule has 2 aromatic rings. The number of hydrogen-bond acceptors (Lipinski definition) is 5. The molecule has 2 rings (SSSR count). The van der Waals surface area contributed by atoms with Gasteiger partial charge in [0.15, 0.2) is 0 Å². The number of furan rings is 1. The molecule has 6 nitrogen and oxygen atoms in total. The molecule has 0 amide bonds. The second kappa shape index (κ2) is 5.16. The lowest BCUT2D eigenvalue weighted by Gasteiger charge is -2.10. The molecule has 2 heterocycles. The van der Waals surface area contributed by atoms with Crippen LogP contribution in [0.4, 0.5) is 0 Å². The zero-order valence-electron chi connectivity index (χ0n) is 9.86. The molecular weight excluding hydrogens is 290 g/mol. The Hall–Kier alpha value is -1.64. The molecule has 2 aromatic heterocycles. The van der Waals surface area contributed by atoms with Gasteiger partial charge in [-0.1, -0.05) is 0 Å². The van der Waals surface area contributed by atoms with Crippen LogP contribution in [0.25, 0.3) is 0 Å². The maximum Gasteiger partial charge on any atom is 0.345 e. The average molecular weight is 301 g/mol. The number of hydrogen-bond donors (Lipinski definition) is 2. The van der Waals surface area contributed by atoms with Crippen molar-refractivity contribution < 1.29 is 22.7 Å². The Labute approximate surface area is 113 Å². The first-order valence-electron chi connectivity index (χ1n) is 5.29. The molecule has 0 aliphatic rings. The third-order valence-electron chi connectivity index (χ3n) is 2.36. The molecule has 19 heavy (non-hydrogen) atoms. The van der Waals surface area contributed by atoms with Gasteiger partial charge in [-0.05, 0) is 31.2 Å². The van der Waals surface area contributed by atoms with E-state index in [2.05, 4.69) is 4.72 Å². The Bertz CT molecular complexity index is 672. The minimum atomic E-state index is -3.75. The summed E-state index contributed by atoms with van der Waals surface area (Å²) in [6, 6.07) is 5.32. The zero-order valence-corrected chi connectivity index (χ0v) is 11.5. The number of rotatable bonds is 5. The number of thiophene rings is 1. The second-order valence-corrected chi connectivity index (χ2v) is 6.81. The molecule has 0 fully saturated rings. The fourth-order valence-electron chi connectivity index (χ4n) is 1.47.